The fourth-order valence-electron chi connectivity index (χ4n) is 1.75. The standard InChI is InChI=1S/C10H22N2/c1-10(2,3)12-9-6-4-5-7-11-8-9/h9,11-12H,4-8H2,1-3H3. The van der Waals surface area contributed by atoms with Gasteiger partial charge in [-0.25, -0.2) is 0 Å². The zero-order chi connectivity index (χ0) is 9.03. The summed E-state index contributed by atoms with van der Waals surface area (Å²) in [6.07, 6.45) is 4.02. The predicted octanol–water partition coefficient (Wildman–Crippen LogP) is 1.52. The van der Waals surface area contributed by atoms with Crippen molar-refractivity contribution < 1.29 is 0 Å². The lowest BCUT2D eigenvalue weighted by Crippen LogP contribution is -2.47. The SMILES string of the molecule is CC(C)(C)NC1CCCCNC1. The molecule has 0 aromatic heterocycles. The Morgan fingerprint density at radius 2 is 2.00 bits per heavy atom. The summed E-state index contributed by atoms with van der Waals surface area (Å²) in [5.41, 5.74) is 0.261. The van der Waals surface area contributed by atoms with Gasteiger partial charge in [-0.1, -0.05) is 6.42 Å². The maximum Gasteiger partial charge on any atom is 0.0197 e. The third kappa shape index (κ3) is 4.07. The van der Waals surface area contributed by atoms with Crippen LogP contribution in [0.2, 0.25) is 0 Å². The van der Waals surface area contributed by atoms with E-state index in [0.29, 0.717) is 6.04 Å². The molecule has 0 aliphatic carbocycles. The molecule has 0 saturated carbocycles. The Hall–Kier alpha value is -0.0800. The molecule has 0 amide bonds. The number of nitrogens with one attached hydrogen (secondary N) is 2. The molecular formula is C10H22N2. The van der Waals surface area contributed by atoms with Crippen molar-refractivity contribution in [2.75, 3.05) is 13.1 Å². The van der Waals surface area contributed by atoms with Gasteiger partial charge in [0.2, 0.25) is 0 Å². The smallest absolute Gasteiger partial charge is 0.0197 e. The van der Waals surface area contributed by atoms with Gasteiger partial charge in [0, 0.05) is 18.1 Å². The first-order valence-electron chi connectivity index (χ1n) is 5.06. The van der Waals surface area contributed by atoms with Crippen molar-refractivity contribution in [3.8, 4) is 0 Å². The molecule has 1 heterocycles. The molecule has 2 heteroatoms. The molecule has 1 aliphatic heterocycles. The molecule has 2 N–H and O–H groups in total. The highest BCUT2D eigenvalue weighted by atomic mass is 15.0. The maximum atomic E-state index is 3.64. The van der Waals surface area contributed by atoms with Gasteiger partial charge >= 0.3 is 0 Å². The van der Waals surface area contributed by atoms with Crippen LogP contribution in [0.4, 0.5) is 0 Å². The van der Waals surface area contributed by atoms with E-state index < -0.39 is 0 Å². The summed E-state index contributed by atoms with van der Waals surface area (Å²) in [5.74, 6) is 0. The Bertz CT molecular complexity index is 118. The van der Waals surface area contributed by atoms with Gasteiger partial charge in [0.25, 0.3) is 0 Å². The predicted molar refractivity (Wildman–Crippen MR) is 53.4 cm³/mol. The Morgan fingerprint density at radius 3 is 2.67 bits per heavy atom. The van der Waals surface area contributed by atoms with E-state index in [-0.39, 0.29) is 5.54 Å². The van der Waals surface area contributed by atoms with Gasteiger partial charge in [0.05, 0.1) is 0 Å². The van der Waals surface area contributed by atoms with Gasteiger partial charge < -0.3 is 10.6 Å². The van der Waals surface area contributed by atoms with Crippen LogP contribution in [-0.4, -0.2) is 24.7 Å². The largest absolute Gasteiger partial charge is 0.315 e. The van der Waals surface area contributed by atoms with Crippen molar-refractivity contribution in [2.45, 2.75) is 51.6 Å². The Morgan fingerprint density at radius 1 is 1.25 bits per heavy atom. The lowest BCUT2D eigenvalue weighted by Gasteiger charge is -2.27. The first kappa shape index (κ1) is 10.0. The van der Waals surface area contributed by atoms with Crippen molar-refractivity contribution in [2.24, 2.45) is 0 Å². The van der Waals surface area contributed by atoms with Crippen LogP contribution in [0.1, 0.15) is 40.0 Å². The van der Waals surface area contributed by atoms with Crippen LogP contribution >= 0.6 is 0 Å². The Labute approximate surface area is 76.1 Å². The lowest BCUT2D eigenvalue weighted by molar-refractivity contribution is 0.344. The second-order valence-corrected chi connectivity index (χ2v) is 4.79. The second kappa shape index (κ2) is 4.24. The van der Waals surface area contributed by atoms with Crippen LogP contribution in [0, 0.1) is 0 Å². The fraction of sp³-hybridized carbons (Fsp3) is 1.00. The molecule has 0 aromatic carbocycles. The highest BCUT2D eigenvalue weighted by molar-refractivity contribution is 4.80. The average molecular weight is 170 g/mol. The molecule has 1 atom stereocenters. The van der Waals surface area contributed by atoms with E-state index >= 15 is 0 Å². The average Bonchev–Trinajstić information content (AvgIpc) is 2.12. The second-order valence-electron chi connectivity index (χ2n) is 4.79. The summed E-state index contributed by atoms with van der Waals surface area (Å²) in [5, 5.41) is 7.09. The lowest BCUT2D eigenvalue weighted by atomic mass is 10.0. The highest BCUT2D eigenvalue weighted by Crippen LogP contribution is 2.08. The Kier molecular flexibility index (Phi) is 3.53. The zero-order valence-corrected chi connectivity index (χ0v) is 8.61. The van der Waals surface area contributed by atoms with Gasteiger partial charge in [-0.05, 0) is 40.2 Å². The minimum absolute atomic E-state index is 0.261. The van der Waals surface area contributed by atoms with E-state index in [1.54, 1.807) is 0 Å². The summed E-state index contributed by atoms with van der Waals surface area (Å²) >= 11 is 0. The highest BCUT2D eigenvalue weighted by Gasteiger charge is 2.17. The summed E-state index contributed by atoms with van der Waals surface area (Å²) < 4.78 is 0. The molecule has 1 saturated heterocycles. The third-order valence-corrected chi connectivity index (χ3v) is 2.18. The summed E-state index contributed by atoms with van der Waals surface area (Å²) in [6.45, 7) is 9.03. The molecule has 0 spiro atoms. The van der Waals surface area contributed by atoms with E-state index in [2.05, 4.69) is 31.4 Å². The first-order chi connectivity index (χ1) is 5.58. The summed E-state index contributed by atoms with van der Waals surface area (Å²) in [6, 6.07) is 0.674. The zero-order valence-electron chi connectivity index (χ0n) is 8.61. The van der Waals surface area contributed by atoms with E-state index in [1.165, 1.54) is 25.8 Å². The van der Waals surface area contributed by atoms with Gasteiger partial charge in [0.1, 0.15) is 0 Å². The van der Waals surface area contributed by atoms with Crippen LogP contribution in [-0.2, 0) is 0 Å². The molecule has 1 rings (SSSR count). The quantitative estimate of drug-likeness (QED) is 0.623. The fourth-order valence-corrected chi connectivity index (χ4v) is 1.75. The molecule has 0 radical (unpaired) electrons. The summed E-state index contributed by atoms with van der Waals surface area (Å²) in [7, 11) is 0. The van der Waals surface area contributed by atoms with Crippen LogP contribution in [0.15, 0.2) is 0 Å². The molecule has 1 unspecified atom stereocenters. The van der Waals surface area contributed by atoms with Crippen molar-refractivity contribution in [1.29, 1.82) is 0 Å². The first-order valence-corrected chi connectivity index (χ1v) is 5.06. The van der Waals surface area contributed by atoms with Gasteiger partial charge in [-0.3, -0.25) is 0 Å². The minimum Gasteiger partial charge on any atom is -0.315 e. The van der Waals surface area contributed by atoms with E-state index in [1.807, 2.05) is 0 Å². The molecule has 0 bridgehead atoms. The van der Waals surface area contributed by atoms with Crippen LogP contribution in [0.5, 0.6) is 0 Å². The monoisotopic (exact) mass is 170 g/mol. The molecule has 1 aliphatic rings. The Balaban J connectivity index is 2.30. The van der Waals surface area contributed by atoms with E-state index in [0.717, 1.165) is 6.54 Å². The molecule has 1 fully saturated rings. The van der Waals surface area contributed by atoms with Gasteiger partial charge in [-0.15, -0.1) is 0 Å². The van der Waals surface area contributed by atoms with Crippen molar-refractivity contribution >= 4 is 0 Å². The third-order valence-electron chi connectivity index (χ3n) is 2.18. The van der Waals surface area contributed by atoms with Crippen LogP contribution in [0.25, 0.3) is 0 Å². The molecule has 12 heavy (non-hydrogen) atoms. The van der Waals surface area contributed by atoms with E-state index in [4.69, 9.17) is 0 Å². The normalized spacial score (nSPS) is 26.8. The topological polar surface area (TPSA) is 24.1 Å². The van der Waals surface area contributed by atoms with E-state index in [9.17, 15) is 0 Å². The summed E-state index contributed by atoms with van der Waals surface area (Å²) in [4.78, 5) is 0. The minimum atomic E-state index is 0.261. The molecule has 0 aromatic rings. The van der Waals surface area contributed by atoms with Crippen molar-refractivity contribution in [3.05, 3.63) is 0 Å². The molecular weight excluding hydrogens is 148 g/mol. The van der Waals surface area contributed by atoms with Crippen LogP contribution in [0.3, 0.4) is 0 Å². The maximum absolute atomic E-state index is 3.64. The molecule has 72 valence electrons. The molecule has 2 nitrogen and oxygen atoms in total. The van der Waals surface area contributed by atoms with Crippen molar-refractivity contribution in [1.82, 2.24) is 10.6 Å². The number of rotatable bonds is 1. The van der Waals surface area contributed by atoms with Crippen molar-refractivity contribution in [3.63, 3.8) is 0 Å². The number of hydrogen-bond acceptors (Lipinski definition) is 2. The van der Waals surface area contributed by atoms with Gasteiger partial charge in [0.15, 0.2) is 0 Å². The number of hydrogen-bond donors (Lipinski definition) is 2. The van der Waals surface area contributed by atoms with Crippen LogP contribution < -0.4 is 10.6 Å². The van der Waals surface area contributed by atoms with Gasteiger partial charge in [-0.2, -0.15) is 0 Å².